The molecule has 2 atom stereocenters. The van der Waals surface area contributed by atoms with Gasteiger partial charge in [-0.05, 0) is 26.3 Å². The summed E-state index contributed by atoms with van der Waals surface area (Å²) < 4.78 is 38.7. The van der Waals surface area contributed by atoms with Crippen molar-refractivity contribution in [3.63, 3.8) is 0 Å². The molecule has 0 saturated carbocycles. The summed E-state index contributed by atoms with van der Waals surface area (Å²) in [5.41, 5.74) is 1.91. The first-order chi connectivity index (χ1) is 12.7. The van der Waals surface area contributed by atoms with Crippen LogP contribution in [0.15, 0.2) is 29.3 Å². The molecule has 1 aromatic rings. The molecule has 5 nitrogen and oxygen atoms in total. The lowest BCUT2D eigenvalue weighted by atomic mass is 10.1. The third-order valence-electron chi connectivity index (χ3n) is 4.85. The van der Waals surface area contributed by atoms with Gasteiger partial charge in [0.05, 0.1) is 12.6 Å². The fourth-order valence-corrected chi connectivity index (χ4v) is 3.02. The van der Waals surface area contributed by atoms with E-state index in [9.17, 15) is 18.3 Å². The molecule has 1 aromatic carbocycles. The van der Waals surface area contributed by atoms with Crippen LogP contribution in [0.1, 0.15) is 31.1 Å². The van der Waals surface area contributed by atoms with Crippen molar-refractivity contribution in [2.45, 2.75) is 39.1 Å². The van der Waals surface area contributed by atoms with E-state index in [4.69, 9.17) is 0 Å². The van der Waals surface area contributed by atoms with Crippen LogP contribution in [0.4, 0.5) is 13.2 Å². The number of piperazine rings is 1. The molecule has 0 amide bonds. The predicted molar refractivity (Wildman–Crippen MR) is 101 cm³/mol. The largest absolute Gasteiger partial charge is 0.403 e. The molecule has 2 rings (SSSR count). The summed E-state index contributed by atoms with van der Waals surface area (Å²) in [4.78, 5) is 7.89. The molecule has 0 aliphatic carbocycles. The van der Waals surface area contributed by atoms with Crippen LogP contribution >= 0.6 is 0 Å². The summed E-state index contributed by atoms with van der Waals surface area (Å²) in [6.07, 6.45) is -4.93. The fraction of sp³-hybridized carbons (Fsp3) is 0.632. The first-order valence-electron chi connectivity index (χ1n) is 9.31. The van der Waals surface area contributed by atoms with Gasteiger partial charge in [0.2, 0.25) is 0 Å². The highest BCUT2D eigenvalue weighted by Crippen LogP contribution is 2.25. The van der Waals surface area contributed by atoms with Crippen LogP contribution < -0.4 is 5.32 Å². The van der Waals surface area contributed by atoms with Crippen molar-refractivity contribution in [1.82, 2.24) is 15.1 Å². The minimum atomic E-state index is -4.21. The first-order valence-corrected chi connectivity index (χ1v) is 9.31. The Hall–Kier alpha value is -1.80. The van der Waals surface area contributed by atoms with Crippen LogP contribution in [-0.4, -0.2) is 72.4 Å². The Morgan fingerprint density at radius 3 is 2.30 bits per heavy atom. The number of hydrogen-bond acceptors (Lipinski definition) is 3. The second-order valence-electron chi connectivity index (χ2n) is 6.86. The number of halogens is 3. The minimum Gasteiger partial charge on any atom is -0.386 e. The molecule has 1 heterocycles. The van der Waals surface area contributed by atoms with E-state index in [1.54, 1.807) is 0 Å². The summed E-state index contributed by atoms with van der Waals surface area (Å²) in [6.45, 7) is 7.55. The van der Waals surface area contributed by atoms with Gasteiger partial charge in [0.1, 0.15) is 6.04 Å². The Labute approximate surface area is 158 Å². The average molecular weight is 386 g/mol. The number of aryl methyl sites for hydroxylation is 1. The van der Waals surface area contributed by atoms with Gasteiger partial charge in [0.15, 0.2) is 5.96 Å². The highest BCUT2D eigenvalue weighted by molar-refractivity contribution is 5.80. The monoisotopic (exact) mass is 386 g/mol. The van der Waals surface area contributed by atoms with E-state index in [0.717, 1.165) is 11.1 Å². The molecular weight excluding hydrogens is 357 g/mol. The van der Waals surface area contributed by atoms with E-state index in [-0.39, 0.29) is 6.54 Å². The van der Waals surface area contributed by atoms with Gasteiger partial charge in [0.25, 0.3) is 0 Å². The predicted octanol–water partition coefficient (Wildman–Crippen LogP) is 2.56. The highest BCUT2D eigenvalue weighted by Gasteiger charge is 2.41. The summed E-state index contributed by atoms with van der Waals surface area (Å²) >= 11 is 0. The number of rotatable bonds is 5. The van der Waals surface area contributed by atoms with Crippen molar-refractivity contribution in [2.24, 2.45) is 4.99 Å². The van der Waals surface area contributed by atoms with Gasteiger partial charge in [-0.15, -0.1) is 0 Å². The topological polar surface area (TPSA) is 51.1 Å². The van der Waals surface area contributed by atoms with Gasteiger partial charge in [-0.25, -0.2) is 0 Å². The average Bonchev–Trinajstić information content (AvgIpc) is 2.64. The molecule has 1 aliphatic heterocycles. The normalized spacial score (nSPS) is 19.1. The van der Waals surface area contributed by atoms with Gasteiger partial charge in [-0.2, -0.15) is 13.2 Å². The molecule has 2 unspecified atom stereocenters. The molecule has 152 valence electrons. The summed E-state index contributed by atoms with van der Waals surface area (Å²) in [6, 6.07) is 6.19. The van der Waals surface area contributed by atoms with Crippen molar-refractivity contribution >= 4 is 5.96 Å². The van der Waals surface area contributed by atoms with Crippen molar-refractivity contribution < 1.29 is 18.3 Å². The van der Waals surface area contributed by atoms with Crippen molar-refractivity contribution in [3.05, 3.63) is 35.4 Å². The maximum Gasteiger partial charge on any atom is 0.403 e. The van der Waals surface area contributed by atoms with E-state index in [0.29, 0.717) is 38.7 Å². The number of aliphatic hydroxyl groups excluding tert-OH is 1. The second-order valence-corrected chi connectivity index (χ2v) is 6.86. The summed E-state index contributed by atoms with van der Waals surface area (Å²) in [5, 5.41) is 13.5. The zero-order valence-corrected chi connectivity index (χ0v) is 16.1. The zero-order valence-electron chi connectivity index (χ0n) is 16.1. The van der Waals surface area contributed by atoms with Crippen LogP contribution in [0.5, 0.6) is 0 Å². The third kappa shape index (κ3) is 6.10. The number of aliphatic hydroxyl groups is 1. The van der Waals surface area contributed by atoms with Crippen LogP contribution in [0.25, 0.3) is 0 Å². The number of nitrogens with one attached hydrogen (secondary N) is 1. The van der Waals surface area contributed by atoms with Gasteiger partial charge in [-0.3, -0.25) is 9.89 Å². The number of guanidine groups is 1. The lowest BCUT2D eigenvalue weighted by Gasteiger charge is -2.39. The SMILES string of the molecule is CCNC(=NCC(O)c1ccc(C)cc1)N1CCN(C(C)C(F)(F)F)CC1. The maximum absolute atomic E-state index is 12.9. The van der Waals surface area contributed by atoms with E-state index >= 15 is 0 Å². The van der Waals surface area contributed by atoms with E-state index in [2.05, 4.69) is 10.3 Å². The van der Waals surface area contributed by atoms with Crippen molar-refractivity contribution in [1.29, 1.82) is 0 Å². The second kappa shape index (κ2) is 9.41. The molecule has 0 spiro atoms. The zero-order chi connectivity index (χ0) is 20.0. The van der Waals surface area contributed by atoms with E-state index in [1.165, 1.54) is 11.8 Å². The molecule has 1 fully saturated rings. The molecule has 1 aliphatic rings. The smallest absolute Gasteiger partial charge is 0.386 e. The molecular formula is C19H29F3N4O. The number of hydrogen-bond donors (Lipinski definition) is 2. The number of nitrogens with zero attached hydrogens (tertiary/aromatic N) is 3. The van der Waals surface area contributed by atoms with Crippen molar-refractivity contribution in [3.8, 4) is 0 Å². The van der Waals surface area contributed by atoms with Gasteiger partial charge < -0.3 is 15.3 Å². The van der Waals surface area contributed by atoms with Crippen molar-refractivity contribution in [2.75, 3.05) is 39.3 Å². The Kier molecular flexibility index (Phi) is 7.49. The van der Waals surface area contributed by atoms with E-state index in [1.807, 2.05) is 43.0 Å². The molecule has 27 heavy (non-hydrogen) atoms. The fourth-order valence-electron chi connectivity index (χ4n) is 3.02. The van der Waals surface area contributed by atoms with Gasteiger partial charge in [0, 0.05) is 32.7 Å². The number of benzene rings is 1. The third-order valence-corrected chi connectivity index (χ3v) is 4.85. The molecule has 0 bridgehead atoms. The first kappa shape index (κ1) is 21.5. The Morgan fingerprint density at radius 1 is 1.19 bits per heavy atom. The summed E-state index contributed by atoms with van der Waals surface area (Å²) in [5.74, 6) is 0.628. The maximum atomic E-state index is 12.9. The van der Waals surface area contributed by atoms with Crippen LogP contribution in [-0.2, 0) is 0 Å². The Bertz CT molecular complexity index is 610. The van der Waals surface area contributed by atoms with Crippen LogP contribution in [0.2, 0.25) is 0 Å². The van der Waals surface area contributed by atoms with Gasteiger partial charge in [-0.1, -0.05) is 29.8 Å². The Morgan fingerprint density at radius 2 is 1.78 bits per heavy atom. The highest BCUT2D eigenvalue weighted by atomic mass is 19.4. The van der Waals surface area contributed by atoms with Crippen LogP contribution in [0.3, 0.4) is 0 Å². The lowest BCUT2D eigenvalue weighted by molar-refractivity contribution is -0.181. The summed E-state index contributed by atoms with van der Waals surface area (Å²) in [7, 11) is 0. The van der Waals surface area contributed by atoms with Gasteiger partial charge >= 0.3 is 6.18 Å². The Balaban J connectivity index is 1.96. The molecule has 1 saturated heterocycles. The molecule has 2 N–H and O–H groups in total. The minimum absolute atomic E-state index is 0.199. The van der Waals surface area contributed by atoms with E-state index < -0.39 is 18.3 Å². The molecule has 8 heteroatoms. The standard InChI is InChI=1S/C19H29F3N4O/c1-4-23-18(24-13-17(27)16-7-5-14(2)6-8-16)26-11-9-25(10-12-26)15(3)19(20,21)22/h5-8,15,17,27H,4,9-13H2,1-3H3,(H,23,24). The lowest BCUT2D eigenvalue weighted by Crippen LogP contribution is -2.56. The quantitative estimate of drug-likeness (QED) is 0.603. The number of aliphatic imine (C=N–C) groups is 1. The van der Waals surface area contributed by atoms with Crippen LogP contribution in [0, 0.1) is 6.92 Å². The molecule has 0 aromatic heterocycles. The number of alkyl halides is 3. The molecule has 0 radical (unpaired) electrons.